The standard InChI is InChI=1S/C17H21NO3S/c19-17-10-4-8-16(14-17)9-5-12-18-22(20,21)13-11-15-6-2-1-3-7-15/h1-4,6-8,10,14,18-19H,5,9,11-13H2. The highest BCUT2D eigenvalue weighted by molar-refractivity contribution is 7.89. The molecular weight excluding hydrogens is 298 g/mol. The number of hydrogen-bond acceptors (Lipinski definition) is 3. The lowest BCUT2D eigenvalue weighted by molar-refractivity contribution is 0.474. The Morgan fingerprint density at radius 3 is 2.36 bits per heavy atom. The number of nitrogens with one attached hydrogen (secondary N) is 1. The maximum atomic E-state index is 11.9. The van der Waals surface area contributed by atoms with E-state index in [1.807, 2.05) is 36.4 Å². The average molecular weight is 319 g/mol. The predicted octanol–water partition coefficient (Wildman–Crippen LogP) is 2.49. The van der Waals surface area contributed by atoms with Crippen LogP contribution in [0.15, 0.2) is 54.6 Å². The molecule has 0 atom stereocenters. The largest absolute Gasteiger partial charge is 0.508 e. The van der Waals surface area contributed by atoms with E-state index in [1.54, 1.807) is 18.2 Å². The molecule has 0 amide bonds. The van der Waals surface area contributed by atoms with E-state index in [1.165, 1.54) is 0 Å². The summed E-state index contributed by atoms with van der Waals surface area (Å²) in [6.45, 7) is 0.410. The summed E-state index contributed by atoms with van der Waals surface area (Å²) < 4.78 is 26.5. The number of sulfonamides is 1. The highest BCUT2D eigenvalue weighted by Crippen LogP contribution is 2.12. The van der Waals surface area contributed by atoms with Gasteiger partial charge in [0.2, 0.25) is 10.0 Å². The fourth-order valence-corrected chi connectivity index (χ4v) is 3.31. The van der Waals surface area contributed by atoms with Gasteiger partial charge in [0.15, 0.2) is 0 Å². The van der Waals surface area contributed by atoms with E-state index < -0.39 is 10.0 Å². The van der Waals surface area contributed by atoms with Crippen LogP contribution in [0, 0.1) is 0 Å². The van der Waals surface area contributed by atoms with E-state index in [4.69, 9.17) is 0 Å². The number of phenols is 1. The van der Waals surface area contributed by atoms with Gasteiger partial charge in [-0.05, 0) is 42.5 Å². The van der Waals surface area contributed by atoms with Crippen molar-refractivity contribution < 1.29 is 13.5 Å². The van der Waals surface area contributed by atoms with Crippen molar-refractivity contribution in [2.24, 2.45) is 0 Å². The maximum absolute atomic E-state index is 11.9. The number of aryl methyl sites for hydroxylation is 2. The quantitative estimate of drug-likeness (QED) is 0.735. The van der Waals surface area contributed by atoms with E-state index in [0.717, 1.165) is 17.5 Å². The minimum atomic E-state index is -3.24. The lowest BCUT2D eigenvalue weighted by atomic mass is 10.1. The SMILES string of the molecule is O=S(=O)(CCc1ccccc1)NCCCc1cccc(O)c1. The van der Waals surface area contributed by atoms with Crippen LogP contribution in [-0.2, 0) is 22.9 Å². The van der Waals surface area contributed by atoms with Gasteiger partial charge in [0.05, 0.1) is 5.75 Å². The number of phenolic OH excluding ortho intramolecular Hbond substituents is 1. The molecule has 5 heteroatoms. The second kappa shape index (κ2) is 7.96. The summed E-state index contributed by atoms with van der Waals surface area (Å²) in [7, 11) is -3.24. The topological polar surface area (TPSA) is 66.4 Å². The van der Waals surface area contributed by atoms with Crippen LogP contribution < -0.4 is 4.72 Å². The van der Waals surface area contributed by atoms with E-state index >= 15 is 0 Å². The fourth-order valence-electron chi connectivity index (χ4n) is 2.20. The molecule has 0 aliphatic heterocycles. The Bertz CT molecular complexity index is 684. The lowest BCUT2D eigenvalue weighted by Gasteiger charge is -2.07. The van der Waals surface area contributed by atoms with Crippen LogP contribution in [0.25, 0.3) is 0 Å². The normalized spacial score (nSPS) is 11.5. The second-order valence-electron chi connectivity index (χ2n) is 5.22. The molecule has 2 aromatic rings. The van der Waals surface area contributed by atoms with Crippen LogP contribution >= 0.6 is 0 Å². The Morgan fingerprint density at radius 2 is 1.64 bits per heavy atom. The summed E-state index contributed by atoms with van der Waals surface area (Å²) >= 11 is 0. The van der Waals surface area contributed by atoms with Gasteiger partial charge < -0.3 is 5.11 Å². The monoisotopic (exact) mass is 319 g/mol. The summed E-state index contributed by atoms with van der Waals surface area (Å²) in [6, 6.07) is 16.6. The molecule has 2 aromatic carbocycles. The molecular formula is C17H21NO3S. The van der Waals surface area contributed by atoms with Gasteiger partial charge in [-0.15, -0.1) is 0 Å². The van der Waals surface area contributed by atoms with Gasteiger partial charge in [-0.1, -0.05) is 42.5 Å². The number of benzene rings is 2. The van der Waals surface area contributed by atoms with Crippen molar-refractivity contribution in [1.29, 1.82) is 0 Å². The Morgan fingerprint density at radius 1 is 0.909 bits per heavy atom. The smallest absolute Gasteiger partial charge is 0.211 e. The van der Waals surface area contributed by atoms with Gasteiger partial charge in [-0.25, -0.2) is 13.1 Å². The Balaban J connectivity index is 1.71. The van der Waals surface area contributed by atoms with Crippen LogP contribution in [-0.4, -0.2) is 25.8 Å². The molecule has 0 radical (unpaired) electrons. The molecule has 118 valence electrons. The lowest BCUT2D eigenvalue weighted by Crippen LogP contribution is -2.28. The number of rotatable bonds is 8. The highest BCUT2D eigenvalue weighted by Gasteiger charge is 2.09. The van der Waals surface area contributed by atoms with E-state index in [-0.39, 0.29) is 11.5 Å². The van der Waals surface area contributed by atoms with Crippen LogP contribution in [0.4, 0.5) is 0 Å². The summed E-state index contributed by atoms with van der Waals surface area (Å²) in [6.07, 6.45) is 1.95. The Labute approximate surface area is 131 Å². The molecule has 4 nitrogen and oxygen atoms in total. The first-order valence-electron chi connectivity index (χ1n) is 7.34. The second-order valence-corrected chi connectivity index (χ2v) is 7.15. The fraction of sp³-hybridized carbons (Fsp3) is 0.294. The predicted molar refractivity (Wildman–Crippen MR) is 88.4 cm³/mol. The van der Waals surface area contributed by atoms with Crippen molar-refractivity contribution in [2.75, 3.05) is 12.3 Å². The third-order valence-corrected chi connectivity index (χ3v) is 4.76. The van der Waals surface area contributed by atoms with E-state index in [9.17, 15) is 13.5 Å². The average Bonchev–Trinajstić information content (AvgIpc) is 2.51. The van der Waals surface area contributed by atoms with Crippen LogP contribution in [0.2, 0.25) is 0 Å². The molecule has 0 aliphatic rings. The van der Waals surface area contributed by atoms with Crippen molar-refractivity contribution >= 4 is 10.0 Å². The minimum Gasteiger partial charge on any atom is -0.508 e. The van der Waals surface area contributed by atoms with Crippen molar-refractivity contribution in [2.45, 2.75) is 19.3 Å². The first-order valence-corrected chi connectivity index (χ1v) is 8.99. The molecule has 0 spiro atoms. The number of hydrogen-bond donors (Lipinski definition) is 2. The molecule has 0 saturated heterocycles. The van der Waals surface area contributed by atoms with Gasteiger partial charge in [-0.3, -0.25) is 0 Å². The Hall–Kier alpha value is -1.85. The minimum absolute atomic E-state index is 0.100. The molecule has 2 N–H and O–H groups in total. The van der Waals surface area contributed by atoms with Crippen molar-refractivity contribution in [3.8, 4) is 5.75 Å². The van der Waals surface area contributed by atoms with E-state index in [2.05, 4.69) is 4.72 Å². The number of aromatic hydroxyl groups is 1. The van der Waals surface area contributed by atoms with Crippen molar-refractivity contribution in [3.05, 3.63) is 65.7 Å². The zero-order chi connectivity index (χ0) is 15.8. The summed E-state index contributed by atoms with van der Waals surface area (Å²) in [5, 5.41) is 9.37. The molecule has 0 unspecified atom stereocenters. The van der Waals surface area contributed by atoms with Crippen LogP contribution in [0.3, 0.4) is 0 Å². The first kappa shape index (κ1) is 16.5. The first-order chi connectivity index (χ1) is 10.6. The molecule has 22 heavy (non-hydrogen) atoms. The summed E-state index contributed by atoms with van der Waals surface area (Å²) in [5.41, 5.74) is 2.02. The third-order valence-electron chi connectivity index (χ3n) is 3.38. The van der Waals surface area contributed by atoms with E-state index in [0.29, 0.717) is 19.4 Å². The molecule has 0 saturated carbocycles. The third kappa shape index (κ3) is 5.87. The van der Waals surface area contributed by atoms with Gasteiger partial charge in [-0.2, -0.15) is 0 Å². The molecule has 2 rings (SSSR count). The maximum Gasteiger partial charge on any atom is 0.211 e. The zero-order valence-corrected chi connectivity index (χ0v) is 13.2. The van der Waals surface area contributed by atoms with Gasteiger partial charge in [0.25, 0.3) is 0 Å². The summed E-state index contributed by atoms with van der Waals surface area (Å²) in [5.74, 6) is 0.337. The zero-order valence-electron chi connectivity index (χ0n) is 12.4. The molecule has 0 bridgehead atoms. The van der Waals surface area contributed by atoms with Crippen LogP contribution in [0.1, 0.15) is 17.5 Å². The molecule has 0 heterocycles. The van der Waals surface area contributed by atoms with Gasteiger partial charge in [0.1, 0.15) is 5.75 Å². The van der Waals surface area contributed by atoms with Crippen LogP contribution in [0.5, 0.6) is 5.75 Å². The van der Waals surface area contributed by atoms with Gasteiger partial charge in [0, 0.05) is 6.54 Å². The van der Waals surface area contributed by atoms with Crippen molar-refractivity contribution in [3.63, 3.8) is 0 Å². The van der Waals surface area contributed by atoms with Gasteiger partial charge >= 0.3 is 0 Å². The molecule has 0 aromatic heterocycles. The molecule has 0 aliphatic carbocycles. The summed E-state index contributed by atoms with van der Waals surface area (Å²) in [4.78, 5) is 0. The van der Waals surface area contributed by atoms with Crippen molar-refractivity contribution in [1.82, 2.24) is 4.72 Å². The molecule has 0 fully saturated rings. The highest BCUT2D eigenvalue weighted by atomic mass is 32.2. The Kier molecular flexibility index (Phi) is 5.98.